The predicted molar refractivity (Wildman–Crippen MR) is 99.3 cm³/mol. The topological polar surface area (TPSA) is 73.9 Å². The average Bonchev–Trinajstić information content (AvgIpc) is 2.64. The molecule has 2 rings (SSSR count). The number of amides is 1. The molecule has 0 unspecified atom stereocenters. The molecule has 2 aromatic carbocycles. The molecular formula is C20H23NO5. The number of ether oxygens (including phenoxy) is 3. The van der Waals surface area contributed by atoms with Gasteiger partial charge < -0.3 is 19.5 Å². The maximum absolute atomic E-state index is 12.6. The summed E-state index contributed by atoms with van der Waals surface area (Å²) in [5.41, 5.74) is 2.18. The van der Waals surface area contributed by atoms with Gasteiger partial charge in [-0.3, -0.25) is 4.79 Å². The summed E-state index contributed by atoms with van der Waals surface area (Å²) in [6, 6.07) is 10.0. The van der Waals surface area contributed by atoms with Crippen LogP contribution in [0.3, 0.4) is 0 Å². The standard InChI is InChI=1S/C20H23NO5/c1-5-25-17-10-9-14(12-18(17)26-6-2)19(22)21-16-11-15(20(23)24-4)8-7-13(16)3/h7-12H,5-6H2,1-4H3,(H,21,22). The van der Waals surface area contributed by atoms with E-state index in [9.17, 15) is 9.59 Å². The molecule has 0 aliphatic rings. The van der Waals surface area contributed by atoms with Gasteiger partial charge in [-0.25, -0.2) is 4.79 Å². The van der Waals surface area contributed by atoms with Crippen LogP contribution >= 0.6 is 0 Å². The lowest BCUT2D eigenvalue weighted by molar-refractivity contribution is 0.0600. The summed E-state index contributed by atoms with van der Waals surface area (Å²) in [7, 11) is 1.32. The van der Waals surface area contributed by atoms with E-state index in [1.165, 1.54) is 7.11 Å². The molecule has 2 aromatic rings. The number of esters is 1. The molecule has 138 valence electrons. The fourth-order valence-electron chi connectivity index (χ4n) is 2.39. The van der Waals surface area contributed by atoms with E-state index in [0.717, 1.165) is 5.56 Å². The van der Waals surface area contributed by atoms with E-state index >= 15 is 0 Å². The van der Waals surface area contributed by atoms with Crippen molar-refractivity contribution in [2.45, 2.75) is 20.8 Å². The second kappa shape index (κ2) is 8.89. The van der Waals surface area contributed by atoms with Crippen LogP contribution in [0.15, 0.2) is 36.4 Å². The van der Waals surface area contributed by atoms with E-state index in [4.69, 9.17) is 14.2 Å². The van der Waals surface area contributed by atoms with E-state index in [1.54, 1.807) is 36.4 Å². The Morgan fingerprint density at radius 1 is 0.923 bits per heavy atom. The van der Waals surface area contributed by atoms with Crippen LogP contribution in [0.25, 0.3) is 0 Å². The third-order valence-corrected chi connectivity index (χ3v) is 3.71. The molecule has 0 fully saturated rings. The Morgan fingerprint density at radius 2 is 1.58 bits per heavy atom. The monoisotopic (exact) mass is 357 g/mol. The molecule has 0 bridgehead atoms. The van der Waals surface area contributed by atoms with Crippen molar-refractivity contribution in [3.63, 3.8) is 0 Å². The fraction of sp³-hybridized carbons (Fsp3) is 0.300. The first-order chi connectivity index (χ1) is 12.5. The van der Waals surface area contributed by atoms with Crippen molar-refractivity contribution in [1.29, 1.82) is 0 Å². The molecule has 0 aliphatic heterocycles. The van der Waals surface area contributed by atoms with Crippen molar-refractivity contribution in [2.24, 2.45) is 0 Å². The summed E-state index contributed by atoms with van der Waals surface area (Å²) >= 11 is 0. The summed E-state index contributed by atoms with van der Waals surface area (Å²) in [5, 5.41) is 2.82. The number of rotatable bonds is 7. The Morgan fingerprint density at radius 3 is 2.23 bits per heavy atom. The van der Waals surface area contributed by atoms with Gasteiger partial charge in [-0.1, -0.05) is 6.07 Å². The van der Waals surface area contributed by atoms with Crippen molar-refractivity contribution in [2.75, 3.05) is 25.6 Å². The van der Waals surface area contributed by atoms with Crippen molar-refractivity contribution < 1.29 is 23.8 Å². The van der Waals surface area contributed by atoms with Gasteiger partial charge >= 0.3 is 5.97 Å². The zero-order valence-electron chi connectivity index (χ0n) is 15.4. The highest BCUT2D eigenvalue weighted by Crippen LogP contribution is 2.29. The van der Waals surface area contributed by atoms with Gasteiger partial charge in [-0.2, -0.15) is 0 Å². The molecule has 0 aliphatic carbocycles. The van der Waals surface area contributed by atoms with Crippen LogP contribution in [0.5, 0.6) is 11.5 Å². The molecule has 26 heavy (non-hydrogen) atoms. The van der Waals surface area contributed by atoms with E-state index < -0.39 is 5.97 Å². The molecule has 0 saturated carbocycles. The summed E-state index contributed by atoms with van der Waals surface area (Å²) in [6.07, 6.45) is 0. The Balaban J connectivity index is 2.27. The molecule has 0 aromatic heterocycles. The van der Waals surface area contributed by atoms with E-state index in [-0.39, 0.29) is 5.91 Å². The minimum absolute atomic E-state index is 0.306. The fourth-order valence-corrected chi connectivity index (χ4v) is 2.39. The molecule has 6 heteroatoms. The first kappa shape index (κ1) is 19.3. The normalized spacial score (nSPS) is 10.2. The lowest BCUT2D eigenvalue weighted by Gasteiger charge is -2.13. The number of aryl methyl sites for hydroxylation is 1. The van der Waals surface area contributed by atoms with Crippen LogP contribution in [-0.4, -0.2) is 32.2 Å². The van der Waals surface area contributed by atoms with Crippen LogP contribution in [-0.2, 0) is 4.74 Å². The average molecular weight is 357 g/mol. The van der Waals surface area contributed by atoms with Crippen LogP contribution in [0.1, 0.15) is 40.1 Å². The van der Waals surface area contributed by atoms with Gasteiger partial charge in [0.1, 0.15) is 0 Å². The van der Waals surface area contributed by atoms with Gasteiger partial charge in [0.15, 0.2) is 11.5 Å². The van der Waals surface area contributed by atoms with Crippen molar-refractivity contribution >= 4 is 17.6 Å². The van der Waals surface area contributed by atoms with E-state index in [0.29, 0.717) is 41.5 Å². The minimum Gasteiger partial charge on any atom is -0.490 e. The Kier molecular flexibility index (Phi) is 6.60. The second-order valence-corrected chi connectivity index (χ2v) is 5.50. The third-order valence-electron chi connectivity index (χ3n) is 3.71. The highest BCUT2D eigenvalue weighted by atomic mass is 16.5. The maximum atomic E-state index is 12.6. The minimum atomic E-state index is -0.458. The number of carbonyl (C=O) groups is 2. The zero-order chi connectivity index (χ0) is 19.1. The highest BCUT2D eigenvalue weighted by molar-refractivity contribution is 6.05. The summed E-state index contributed by atoms with van der Waals surface area (Å²) in [5.74, 6) is 0.344. The van der Waals surface area contributed by atoms with Gasteiger partial charge in [0.2, 0.25) is 0 Å². The van der Waals surface area contributed by atoms with Gasteiger partial charge in [0.25, 0.3) is 5.91 Å². The van der Waals surface area contributed by atoms with Crippen molar-refractivity contribution in [3.8, 4) is 11.5 Å². The Bertz CT molecular complexity index is 801. The number of methoxy groups -OCH3 is 1. The van der Waals surface area contributed by atoms with Crippen LogP contribution in [0.2, 0.25) is 0 Å². The van der Waals surface area contributed by atoms with Gasteiger partial charge in [-0.05, 0) is 56.7 Å². The number of hydrogen-bond acceptors (Lipinski definition) is 5. The molecule has 0 radical (unpaired) electrons. The molecular weight excluding hydrogens is 334 g/mol. The Hall–Kier alpha value is -3.02. The predicted octanol–water partition coefficient (Wildman–Crippen LogP) is 3.83. The van der Waals surface area contributed by atoms with Gasteiger partial charge in [0.05, 0.1) is 25.9 Å². The molecule has 1 amide bonds. The van der Waals surface area contributed by atoms with Crippen LogP contribution < -0.4 is 14.8 Å². The van der Waals surface area contributed by atoms with Crippen LogP contribution in [0.4, 0.5) is 5.69 Å². The molecule has 1 N–H and O–H groups in total. The number of nitrogens with one attached hydrogen (secondary N) is 1. The number of anilines is 1. The second-order valence-electron chi connectivity index (χ2n) is 5.50. The molecule has 0 saturated heterocycles. The first-order valence-electron chi connectivity index (χ1n) is 8.40. The molecule has 0 heterocycles. The largest absolute Gasteiger partial charge is 0.490 e. The number of carbonyl (C=O) groups excluding carboxylic acids is 2. The molecule has 0 spiro atoms. The van der Waals surface area contributed by atoms with Gasteiger partial charge in [-0.15, -0.1) is 0 Å². The van der Waals surface area contributed by atoms with E-state index in [2.05, 4.69) is 5.32 Å². The smallest absolute Gasteiger partial charge is 0.337 e. The SMILES string of the molecule is CCOc1ccc(C(=O)Nc2cc(C(=O)OC)ccc2C)cc1OCC. The zero-order valence-corrected chi connectivity index (χ0v) is 15.4. The maximum Gasteiger partial charge on any atom is 0.337 e. The van der Waals surface area contributed by atoms with Crippen LogP contribution in [0, 0.1) is 6.92 Å². The van der Waals surface area contributed by atoms with Crippen molar-refractivity contribution in [1.82, 2.24) is 0 Å². The van der Waals surface area contributed by atoms with Gasteiger partial charge in [0, 0.05) is 11.3 Å². The van der Waals surface area contributed by atoms with E-state index in [1.807, 2.05) is 20.8 Å². The molecule has 6 nitrogen and oxygen atoms in total. The summed E-state index contributed by atoms with van der Waals surface area (Å²) in [6.45, 7) is 6.56. The lowest BCUT2D eigenvalue weighted by Crippen LogP contribution is -2.14. The Labute approximate surface area is 153 Å². The first-order valence-corrected chi connectivity index (χ1v) is 8.40. The number of hydrogen-bond donors (Lipinski definition) is 1. The number of benzene rings is 2. The summed E-state index contributed by atoms with van der Waals surface area (Å²) in [4.78, 5) is 24.3. The quantitative estimate of drug-likeness (QED) is 0.762. The highest BCUT2D eigenvalue weighted by Gasteiger charge is 2.14. The summed E-state index contributed by atoms with van der Waals surface area (Å²) < 4.78 is 15.8. The third kappa shape index (κ3) is 4.53. The van der Waals surface area contributed by atoms with Crippen molar-refractivity contribution in [3.05, 3.63) is 53.1 Å². The lowest BCUT2D eigenvalue weighted by atomic mass is 10.1. The molecule has 0 atom stereocenters.